The Morgan fingerprint density at radius 3 is 2.11 bits per heavy atom. The molecule has 0 unspecified atom stereocenters. The number of carboxylic acid groups (broad SMARTS) is 1. The number of carbonyl (C=O) groups is 2. The highest BCUT2D eigenvalue weighted by Gasteiger charge is 2.28. The molecule has 0 radical (unpaired) electrons. The molecule has 7 heteroatoms. The van der Waals surface area contributed by atoms with E-state index in [-0.39, 0.29) is 18.6 Å². The first kappa shape index (κ1) is 18.9. The summed E-state index contributed by atoms with van der Waals surface area (Å²) in [4.78, 5) is 21.1. The minimum Gasteiger partial charge on any atom is -0.480 e. The van der Waals surface area contributed by atoms with Crippen molar-refractivity contribution in [2.45, 2.75) is 24.8 Å². The maximum absolute atomic E-state index is 11.0. The number of nitrogens with one attached hydrogen (secondary N) is 2. The van der Waals surface area contributed by atoms with Gasteiger partial charge in [-0.25, -0.2) is 10.3 Å². The topological polar surface area (TPSA) is 108 Å². The van der Waals surface area contributed by atoms with Gasteiger partial charge in [0.25, 0.3) is 0 Å². The van der Waals surface area contributed by atoms with E-state index in [1.54, 1.807) is 0 Å². The first-order chi connectivity index (χ1) is 13.1. The van der Waals surface area contributed by atoms with E-state index in [1.807, 2.05) is 36.4 Å². The molecule has 1 amide bonds. The molecule has 142 valence electrons. The predicted molar refractivity (Wildman–Crippen MR) is 98.7 cm³/mol. The average Bonchev–Trinajstić information content (AvgIpc) is 3.34. The monoisotopic (exact) mass is 370 g/mol. The van der Waals surface area contributed by atoms with Crippen LogP contribution in [0, 0.1) is 0 Å². The Labute approximate surface area is 156 Å². The van der Waals surface area contributed by atoms with Crippen molar-refractivity contribution in [2.75, 3.05) is 13.2 Å². The molecule has 4 rings (SSSR count). The second-order valence-corrected chi connectivity index (χ2v) is 6.42. The van der Waals surface area contributed by atoms with Crippen LogP contribution in [-0.4, -0.2) is 41.6 Å². The van der Waals surface area contributed by atoms with Crippen molar-refractivity contribution in [3.05, 3.63) is 59.7 Å². The van der Waals surface area contributed by atoms with Crippen LogP contribution < -0.4 is 10.8 Å². The number of carboxylic acids is 1. The van der Waals surface area contributed by atoms with E-state index in [0.29, 0.717) is 0 Å². The van der Waals surface area contributed by atoms with Gasteiger partial charge < -0.3 is 15.2 Å². The molecule has 0 saturated carbocycles. The minimum atomic E-state index is -0.832. The number of hydrogen-bond acceptors (Lipinski definition) is 5. The Balaban J connectivity index is 0.000000221. The van der Waals surface area contributed by atoms with Crippen LogP contribution in [0.15, 0.2) is 48.5 Å². The maximum Gasteiger partial charge on any atom is 0.431 e. The molecule has 0 spiro atoms. The second kappa shape index (κ2) is 8.66. The van der Waals surface area contributed by atoms with Gasteiger partial charge >= 0.3 is 12.1 Å². The number of carbonyl (C=O) groups excluding carboxylic acids is 1. The summed E-state index contributed by atoms with van der Waals surface area (Å²) >= 11 is 0. The normalized spacial score (nSPS) is 17.3. The number of amides is 1. The molecule has 0 bridgehead atoms. The summed E-state index contributed by atoms with van der Waals surface area (Å²) in [6.07, 6.45) is 0.952. The third-order valence-corrected chi connectivity index (χ3v) is 4.79. The molecule has 7 nitrogen and oxygen atoms in total. The zero-order chi connectivity index (χ0) is 19.2. The van der Waals surface area contributed by atoms with Gasteiger partial charge in [0.2, 0.25) is 0 Å². The molecule has 1 heterocycles. The molecule has 2 aromatic rings. The van der Waals surface area contributed by atoms with Crippen molar-refractivity contribution in [2.24, 2.45) is 0 Å². The van der Waals surface area contributed by atoms with Crippen molar-refractivity contribution < 1.29 is 24.6 Å². The molecule has 1 fully saturated rings. The quantitative estimate of drug-likeness (QED) is 0.489. The van der Waals surface area contributed by atoms with Crippen LogP contribution >= 0.6 is 0 Å². The van der Waals surface area contributed by atoms with Crippen molar-refractivity contribution >= 4 is 12.1 Å². The second-order valence-electron chi connectivity index (χ2n) is 6.42. The molecule has 2 aromatic carbocycles. The smallest absolute Gasteiger partial charge is 0.431 e. The Kier molecular flexibility index (Phi) is 6.05. The van der Waals surface area contributed by atoms with E-state index in [0.717, 1.165) is 30.5 Å². The third kappa shape index (κ3) is 4.27. The molecular formula is C20H22N2O5. The lowest BCUT2D eigenvalue weighted by molar-refractivity contribution is -0.139. The van der Waals surface area contributed by atoms with Gasteiger partial charge in [0.1, 0.15) is 12.6 Å². The van der Waals surface area contributed by atoms with Crippen molar-refractivity contribution in [3.63, 3.8) is 0 Å². The van der Waals surface area contributed by atoms with Gasteiger partial charge in [-0.3, -0.25) is 10.0 Å². The fourth-order valence-corrected chi connectivity index (χ4v) is 3.53. The number of rotatable bonds is 3. The summed E-state index contributed by atoms with van der Waals surface area (Å²) < 4.78 is 4.99. The van der Waals surface area contributed by atoms with E-state index in [9.17, 15) is 9.59 Å². The fourth-order valence-electron chi connectivity index (χ4n) is 3.53. The molecule has 2 aliphatic rings. The number of benzene rings is 2. The van der Waals surface area contributed by atoms with Crippen LogP contribution in [0.2, 0.25) is 0 Å². The van der Waals surface area contributed by atoms with E-state index in [1.165, 1.54) is 16.6 Å². The van der Waals surface area contributed by atoms with Crippen LogP contribution in [-0.2, 0) is 9.53 Å². The summed E-state index contributed by atoms with van der Waals surface area (Å²) in [6, 6.07) is 15.9. The van der Waals surface area contributed by atoms with E-state index in [2.05, 4.69) is 17.4 Å². The van der Waals surface area contributed by atoms with Crippen LogP contribution in [0.3, 0.4) is 0 Å². The molecule has 1 saturated heterocycles. The van der Waals surface area contributed by atoms with Gasteiger partial charge in [0.15, 0.2) is 0 Å². The summed E-state index contributed by atoms with van der Waals surface area (Å²) in [5.41, 5.74) is 6.12. The Hall–Kier alpha value is -2.90. The van der Waals surface area contributed by atoms with Gasteiger partial charge in [0, 0.05) is 5.92 Å². The highest BCUT2D eigenvalue weighted by Crippen LogP contribution is 2.44. The maximum atomic E-state index is 11.0. The fraction of sp³-hybridized carbons (Fsp3) is 0.300. The van der Waals surface area contributed by atoms with E-state index in [4.69, 9.17) is 15.1 Å². The molecule has 1 atom stereocenters. The highest BCUT2D eigenvalue weighted by atomic mass is 16.6. The first-order valence-corrected chi connectivity index (χ1v) is 8.83. The van der Waals surface area contributed by atoms with Crippen molar-refractivity contribution in [3.8, 4) is 11.1 Å². The number of fused-ring (bicyclic) bond motifs is 3. The largest absolute Gasteiger partial charge is 0.480 e. The summed E-state index contributed by atoms with van der Waals surface area (Å²) in [6.45, 7) is 1.07. The molecular weight excluding hydrogens is 348 g/mol. The SMILES string of the molecule is O=C(NO)OCC1c2ccccc2-c2ccccc21.O=C(O)[C@@H]1CCCN1. The zero-order valence-corrected chi connectivity index (χ0v) is 14.7. The lowest BCUT2D eigenvalue weighted by Crippen LogP contribution is -2.29. The van der Waals surface area contributed by atoms with Crippen molar-refractivity contribution in [1.29, 1.82) is 0 Å². The van der Waals surface area contributed by atoms with Gasteiger partial charge in [-0.15, -0.1) is 0 Å². The molecule has 0 aromatic heterocycles. The van der Waals surface area contributed by atoms with Gasteiger partial charge in [-0.1, -0.05) is 48.5 Å². The first-order valence-electron chi connectivity index (χ1n) is 8.83. The van der Waals surface area contributed by atoms with Crippen molar-refractivity contribution in [1.82, 2.24) is 10.8 Å². The minimum absolute atomic E-state index is 0.0182. The van der Waals surface area contributed by atoms with E-state index >= 15 is 0 Å². The standard InChI is InChI=1S/C15H13NO3.C5H9NO2/c17-15(16-18)19-9-14-12-7-3-1-5-10(12)11-6-2-4-8-13(11)14;7-5(8)4-2-1-3-6-4/h1-8,14,18H,9H2,(H,16,17);4,6H,1-3H2,(H,7,8)/t;4-/m.0/s1. The van der Waals surface area contributed by atoms with Gasteiger partial charge in [-0.05, 0) is 41.6 Å². The molecule has 27 heavy (non-hydrogen) atoms. The molecule has 4 N–H and O–H groups in total. The van der Waals surface area contributed by atoms with Crippen LogP contribution in [0.1, 0.15) is 29.9 Å². The molecule has 1 aliphatic carbocycles. The van der Waals surface area contributed by atoms with Crippen LogP contribution in [0.25, 0.3) is 11.1 Å². The van der Waals surface area contributed by atoms with E-state index < -0.39 is 12.1 Å². The Bertz CT molecular complexity index is 772. The number of aliphatic carboxylic acids is 1. The zero-order valence-electron chi connectivity index (χ0n) is 14.7. The van der Waals surface area contributed by atoms with Gasteiger partial charge in [0.05, 0.1) is 0 Å². The lowest BCUT2D eigenvalue weighted by Gasteiger charge is -2.13. The van der Waals surface area contributed by atoms with Gasteiger partial charge in [-0.2, -0.15) is 0 Å². The predicted octanol–water partition coefficient (Wildman–Crippen LogP) is 2.74. The summed E-state index contributed by atoms with van der Waals surface area (Å²) in [5.74, 6) is -0.702. The summed E-state index contributed by atoms with van der Waals surface area (Å²) in [5, 5.41) is 19.7. The third-order valence-electron chi connectivity index (χ3n) is 4.79. The number of hydroxylamine groups is 1. The Morgan fingerprint density at radius 1 is 1.07 bits per heavy atom. The highest BCUT2D eigenvalue weighted by molar-refractivity contribution is 5.79. The lowest BCUT2D eigenvalue weighted by atomic mass is 9.98. The average molecular weight is 370 g/mol. The Morgan fingerprint density at radius 2 is 1.67 bits per heavy atom. The van der Waals surface area contributed by atoms with Crippen LogP contribution in [0.4, 0.5) is 4.79 Å². The molecule has 1 aliphatic heterocycles. The van der Waals surface area contributed by atoms with Crippen LogP contribution in [0.5, 0.6) is 0 Å². The number of hydrogen-bond donors (Lipinski definition) is 4. The number of ether oxygens (including phenoxy) is 1. The summed E-state index contributed by atoms with van der Waals surface area (Å²) in [7, 11) is 0.